The number of pyridine rings is 1. The van der Waals surface area contributed by atoms with E-state index in [-0.39, 0.29) is 11.8 Å². The maximum absolute atomic E-state index is 12.7. The van der Waals surface area contributed by atoms with Crippen LogP contribution in [0.1, 0.15) is 36.8 Å². The second kappa shape index (κ2) is 8.87. The van der Waals surface area contributed by atoms with Gasteiger partial charge in [-0.25, -0.2) is 4.98 Å². The van der Waals surface area contributed by atoms with E-state index in [1.807, 2.05) is 24.3 Å². The number of piperazine rings is 1. The van der Waals surface area contributed by atoms with E-state index in [2.05, 4.69) is 35.9 Å². The molecule has 1 aromatic carbocycles. The topological polar surface area (TPSA) is 56.8 Å². The Bertz CT molecular complexity index is 797. The maximum atomic E-state index is 12.7. The lowest BCUT2D eigenvalue weighted by Crippen LogP contribution is -2.50. The van der Waals surface area contributed by atoms with E-state index < -0.39 is 0 Å². The van der Waals surface area contributed by atoms with Crippen molar-refractivity contribution in [2.75, 3.05) is 31.1 Å². The fraction of sp³-hybridized carbons (Fsp3) is 0.409. The van der Waals surface area contributed by atoms with Gasteiger partial charge in [0.15, 0.2) is 0 Å². The van der Waals surface area contributed by atoms with Crippen molar-refractivity contribution < 1.29 is 9.59 Å². The van der Waals surface area contributed by atoms with Crippen molar-refractivity contribution in [2.24, 2.45) is 0 Å². The summed E-state index contributed by atoms with van der Waals surface area (Å²) in [5, 5.41) is 0. The summed E-state index contributed by atoms with van der Waals surface area (Å²) >= 11 is 0. The van der Waals surface area contributed by atoms with Crippen molar-refractivity contribution in [1.82, 2.24) is 14.8 Å². The molecule has 0 unspecified atom stereocenters. The Balaban J connectivity index is 1.68. The van der Waals surface area contributed by atoms with Crippen molar-refractivity contribution in [3.8, 4) is 0 Å². The minimum atomic E-state index is -0.0751. The standard InChI is InChI=1S/C22H28N4O2/c1-17(2)26(16-19-7-5-4-6-8-19)20-9-10-21(23-15-20)22(28)25-13-11-24(12-14-25)18(3)27/h4-10,15,17H,11-14,16H2,1-3H3. The third-order valence-corrected chi connectivity index (χ3v) is 5.13. The monoisotopic (exact) mass is 380 g/mol. The Labute approximate surface area is 166 Å². The fourth-order valence-corrected chi connectivity index (χ4v) is 3.42. The maximum Gasteiger partial charge on any atom is 0.272 e. The van der Waals surface area contributed by atoms with Crippen LogP contribution in [-0.2, 0) is 11.3 Å². The van der Waals surface area contributed by atoms with Gasteiger partial charge in [-0.3, -0.25) is 9.59 Å². The first-order chi connectivity index (χ1) is 13.5. The van der Waals surface area contributed by atoms with Crippen LogP contribution in [0.2, 0.25) is 0 Å². The summed E-state index contributed by atoms with van der Waals surface area (Å²) in [5.74, 6) is -0.0179. The van der Waals surface area contributed by atoms with Gasteiger partial charge in [-0.05, 0) is 31.5 Å². The van der Waals surface area contributed by atoms with E-state index in [4.69, 9.17) is 0 Å². The SMILES string of the molecule is CC(=O)N1CCN(C(=O)c2ccc(N(Cc3ccccc3)C(C)C)cn2)CC1. The van der Waals surface area contributed by atoms with Gasteiger partial charge in [-0.1, -0.05) is 30.3 Å². The molecule has 0 radical (unpaired) electrons. The normalized spacial score (nSPS) is 14.3. The van der Waals surface area contributed by atoms with E-state index >= 15 is 0 Å². The van der Waals surface area contributed by atoms with Gasteiger partial charge in [-0.2, -0.15) is 0 Å². The van der Waals surface area contributed by atoms with Crippen LogP contribution >= 0.6 is 0 Å². The third kappa shape index (κ3) is 4.68. The molecule has 28 heavy (non-hydrogen) atoms. The summed E-state index contributed by atoms with van der Waals surface area (Å²) < 4.78 is 0. The lowest BCUT2D eigenvalue weighted by molar-refractivity contribution is -0.130. The predicted molar refractivity (Wildman–Crippen MR) is 110 cm³/mol. The fourth-order valence-electron chi connectivity index (χ4n) is 3.42. The highest BCUT2D eigenvalue weighted by molar-refractivity contribution is 5.92. The quantitative estimate of drug-likeness (QED) is 0.800. The second-order valence-corrected chi connectivity index (χ2v) is 7.41. The third-order valence-electron chi connectivity index (χ3n) is 5.13. The summed E-state index contributed by atoms with van der Waals surface area (Å²) in [6.07, 6.45) is 1.78. The number of carbonyl (C=O) groups excluding carboxylic acids is 2. The van der Waals surface area contributed by atoms with Crippen molar-refractivity contribution in [3.63, 3.8) is 0 Å². The first-order valence-corrected chi connectivity index (χ1v) is 9.77. The molecule has 6 nitrogen and oxygen atoms in total. The lowest BCUT2D eigenvalue weighted by atomic mass is 10.1. The van der Waals surface area contributed by atoms with Crippen molar-refractivity contribution in [2.45, 2.75) is 33.4 Å². The molecule has 1 saturated heterocycles. The smallest absolute Gasteiger partial charge is 0.272 e. The summed E-state index contributed by atoms with van der Waals surface area (Å²) in [6.45, 7) is 8.91. The number of aromatic nitrogens is 1. The van der Waals surface area contributed by atoms with Gasteiger partial charge < -0.3 is 14.7 Å². The average molecular weight is 380 g/mol. The van der Waals surface area contributed by atoms with Crippen LogP contribution < -0.4 is 4.90 Å². The molecule has 0 N–H and O–H groups in total. The molecular weight excluding hydrogens is 352 g/mol. The molecule has 6 heteroatoms. The first-order valence-electron chi connectivity index (χ1n) is 9.77. The molecule has 1 aliphatic rings. The van der Waals surface area contributed by atoms with Crippen LogP contribution in [0.15, 0.2) is 48.7 Å². The van der Waals surface area contributed by atoms with Crippen LogP contribution in [0.25, 0.3) is 0 Å². The van der Waals surface area contributed by atoms with Gasteiger partial charge in [0.25, 0.3) is 5.91 Å². The van der Waals surface area contributed by atoms with Crippen LogP contribution in [0.4, 0.5) is 5.69 Å². The van der Waals surface area contributed by atoms with Crippen LogP contribution in [0, 0.1) is 0 Å². The van der Waals surface area contributed by atoms with Crippen molar-refractivity contribution in [1.29, 1.82) is 0 Å². The molecule has 148 valence electrons. The Morgan fingerprint density at radius 2 is 1.64 bits per heavy atom. The summed E-state index contributed by atoms with van der Waals surface area (Å²) in [6, 6.07) is 14.4. The molecule has 0 atom stereocenters. The van der Waals surface area contributed by atoms with Gasteiger partial charge in [0, 0.05) is 45.7 Å². The number of rotatable bonds is 5. The summed E-state index contributed by atoms with van der Waals surface area (Å²) in [5.41, 5.74) is 2.68. The molecule has 2 heterocycles. The zero-order valence-electron chi connectivity index (χ0n) is 16.8. The van der Waals surface area contributed by atoms with E-state index in [0.717, 1.165) is 12.2 Å². The molecule has 3 rings (SSSR count). The van der Waals surface area contributed by atoms with Crippen LogP contribution in [0.3, 0.4) is 0 Å². The van der Waals surface area contributed by atoms with Crippen molar-refractivity contribution in [3.05, 3.63) is 59.9 Å². The van der Waals surface area contributed by atoms with Gasteiger partial charge >= 0.3 is 0 Å². The number of nitrogens with zero attached hydrogens (tertiary/aromatic N) is 4. The number of amides is 2. The van der Waals surface area contributed by atoms with E-state index in [0.29, 0.717) is 37.9 Å². The summed E-state index contributed by atoms with van der Waals surface area (Å²) in [7, 11) is 0. The van der Waals surface area contributed by atoms with Gasteiger partial charge in [-0.15, -0.1) is 0 Å². The molecule has 1 aromatic heterocycles. The zero-order valence-corrected chi connectivity index (χ0v) is 16.8. The van der Waals surface area contributed by atoms with E-state index in [1.165, 1.54) is 5.56 Å². The highest BCUT2D eigenvalue weighted by Gasteiger charge is 2.24. The van der Waals surface area contributed by atoms with E-state index in [9.17, 15) is 9.59 Å². The van der Waals surface area contributed by atoms with Gasteiger partial charge in [0.05, 0.1) is 11.9 Å². The van der Waals surface area contributed by atoms with Crippen LogP contribution in [0.5, 0.6) is 0 Å². The lowest BCUT2D eigenvalue weighted by Gasteiger charge is -2.34. The minimum Gasteiger partial charge on any atom is -0.364 e. The molecule has 1 fully saturated rings. The molecule has 1 aliphatic heterocycles. The summed E-state index contributed by atoms with van der Waals surface area (Å²) in [4.78, 5) is 34.4. The molecule has 0 aliphatic carbocycles. The minimum absolute atomic E-state index is 0.0572. The first kappa shape index (κ1) is 19.9. The Morgan fingerprint density at radius 1 is 1.00 bits per heavy atom. The molecule has 2 amide bonds. The predicted octanol–water partition coefficient (Wildman–Crippen LogP) is 2.80. The number of benzene rings is 1. The van der Waals surface area contributed by atoms with Crippen molar-refractivity contribution >= 4 is 17.5 Å². The molecule has 0 saturated carbocycles. The number of carbonyl (C=O) groups is 2. The molecule has 0 bridgehead atoms. The molecular formula is C22H28N4O2. The number of hydrogen-bond donors (Lipinski definition) is 0. The van der Waals surface area contributed by atoms with E-state index in [1.54, 1.807) is 29.0 Å². The molecule has 0 spiro atoms. The zero-order chi connectivity index (χ0) is 20.1. The second-order valence-electron chi connectivity index (χ2n) is 7.41. The molecule has 2 aromatic rings. The van der Waals surface area contributed by atoms with Crippen LogP contribution in [-0.4, -0.2) is 58.8 Å². The highest BCUT2D eigenvalue weighted by Crippen LogP contribution is 2.20. The largest absolute Gasteiger partial charge is 0.364 e. The number of hydrogen-bond acceptors (Lipinski definition) is 4. The highest BCUT2D eigenvalue weighted by atomic mass is 16.2. The Hall–Kier alpha value is -2.89. The van der Waals surface area contributed by atoms with Gasteiger partial charge in [0.2, 0.25) is 5.91 Å². The average Bonchev–Trinajstić information content (AvgIpc) is 2.72. The Kier molecular flexibility index (Phi) is 6.29. The van der Waals surface area contributed by atoms with Gasteiger partial charge in [0.1, 0.15) is 5.69 Å². The number of anilines is 1. The Morgan fingerprint density at radius 3 is 2.18 bits per heavy atom.